The van der Waals surface area contributed by atoms with Crippen molar-refractivity contribution in [3.05, 3.63) is 0 Å². The maximum Gasteiger partial charge on any atom is 0.226 e. The Morgan fingerprint density at radius 3 is 2.67 bits per heavy atom. The number of fused-ring (bicyclic) bond motifs is 1. The highest BCUT2D eigenvalue weighted by atomic mass is 35.5. The van der Waals surface area contributed by atoms with E-state index < -0.39 is 0 Å². The Labute approximate surface area is 59.6 Å². The van der Waals surface area contributed by atoms with Gasteiger partial charge in [0.1, 0.15) is 0 Å². The molecule has 2 saturated heterocycles. The normalized spacial score (nSPS) is 38.0. The number of β-lactam (4-membered cyclic amide) rings is 1. The Balaban J connectivity index is 0.000000405. The fraction of sp³-hybridized carbons (Fsp3) is 0.800. The van der Waals surface area contributed by atoms with E-state index in [-0.39, 0.29) is 18.3 Å². The van der Waals surface area contributed by atoms with Crippen LogP contribution in [0.2, 0.25) is 0 Å². The van der Waals surface area contributed by atoms with Gasteiger partial charge in [0, 0.05) is 13.1 Å². The van der Waals surface area contributed by atoms with Gasteiger partial charge in [-0.15, -0.1) is 12.4 Å². The van der Waals surface area contributed by atoms with Crippen LogP contribution in [-0.2, 0) is 4.79 Å². The molecular weight excluding hydrogens is 140 g/mol. The smallest absolute Gasteiger partial charge is 0.226 e. The molecular formula is C5H9ClN2O. The molecule has 0 aromatic heterocycles. The summed E-state index contributed by atoms with van der Waals surface area (Å²) >= 11 is 0. The Kier molecular flexibility index (Phi) is 1.64. The van der Waals surface area contributed by atoms with Gasteiger partial charge >= 0.3 is 0 Å². The van der Waals surface area contributed by atoms with E-state index in [1.165, 1.54) is 0 Å². The molecule has 1 amide bonds. The first-order chi connectivity index (χ1) is 3.88. The number of hydrogen-bond donors (Lipinski definition) is 2. The van der Waals surface area contributed by atoms with Crippen molar-refractivity contribution in [2.75, 3.05) is 13.1 Å². The molecule has 0 aromatic rings. The zero-order valence-electron chi connectivity index (χ0n) is 4.89. The molecule has 0 bridgehead atoms. The van der Waals surface area contributed by atoms with Crippen molar-refractivity contribution in [2.45, 2.75) is 6.04 Å². The standard InChI is InChI=1S/C5H8N2O.ClH/c8-5-3-1-6-2-4(3)7-5;/h3-4,6H,1-2H2,(H,7,8);1H. The minimum atomic E-state index is 0. The van der Waals surface area contributed by atoms with Crippen LogP contribution in [-0.4, -0.2) is 25.0 Å². The second-order valence-corrected chi connectivity index (χ2v) is 2.38. The van der Waals surface area contributed by atoms with Gasteiger partial charge in [-0.2, -0.15) is 0 Å². The third-order valence-corrected chi connectivity index (χ3v) is 1.88. The van der Waals surface area contributed by atoms with Crippen LogP contribution in [0.15, 0.2) is 0 Å². The van der Waals surface area contributed by atoms with Gasteiger partial charge in [0.05, 0.1) is 12.0 Å². The fourth-order valence-corrected chi connectivity index (χ4v) is 1.30. The van der Waals surface area contributed by atoms with E-state index in [9.17, 15) is 4.79 Å². The highest BCUT2D eigenvalue weighted by molar-refractivity contribution is 5.86. The summed E-state index contributed by atoms with van der Waals surface area (Å²) in [5.41, 5.74) is 0. The first-order valence-corrected chi connectivity index (χ1v) is 2.89. The molecule has 2 aliphatic heterocycles. The molecule has 4 heteroatoms. The summed E-state index contributed by atoms with van der Waals surface area (Å²) in [4.78, 5) is 10.6. The Morgan fingerprint density at radius 2 is 2.22 bits per heavy atom. The molecule has 2 aliphatic rings. The summed E-state index contributed by atoms with van der Waals surface area (Å²) in [5, 5.41) is 5.93. The lowest BCUT2D eigenvalue weighted by molar-refractivity contribution is -0.132. The third kappa shape index (κ3) is 0.804. The van der Waals surface area contributed by atoms with Crippen LogP contribution >= 0.6 is 12.4 Å². The Morgan fingerprint density at radius 1 is 1.44 bits per heavy atom. The molecule has 2 fully saturated rings. The summed E-state index contributed by atoms with van der Waals surface area (Å²) in [5.74, 6) is 0.523. The van der Waals surface area contributed by atoms with Crippen molar-refractivity contribution in [3.8, 4) is 0 Å². The van der Waals surface area contributed by atoms with Gasteiger partial charge in [-0.3, -0.25) is 4.79 Å². The summed E-state index contributed by atoms with van der Waals surface area (Å²) in [6.45, 7) is 1.85. The molecule has 2 heterocycles. The molecule has 0 spiro atoms. The number of nitrogens with one attached hydrogen (secondary N) is 2. The summed E-state index contributed by atoms with van der Waals surface area (Å²) < 4.78 is 0. The average molecular weight is 149 g/mol. The predicted octanol–water partition coefficient (Wildman–Crippen LogP) is -0.874. The minimum Gasteiger partial charge on any atom is -0.351 e. The topological polar surface area (TPSA) is 41.1 Å². The van der Waals surface area contributed by atoms with Crippen LogP contribution in [0.1, 0.15) is 0 Å². The Bertz CT molecular complexity index is 139. The zero-order chi connectivity index (χ0) is 5.56. The van der Waals surface area contributed by atoms with Gasteiger partial charge in [0.15, 0.2) is 0 Å². The largest absolute Gasteiger partial charge is 0.351 e. The molecule has 0 radical (unpaired) electrons. The molecule has 0 aromatic carbocycles. The van der Waals surface area contributed by atoms with E-state index in [4.69, 9.17) is 0 Å². The quantitative estimate of drug-likeness (QED) is 0.439. The molecule has 2 N–H and O–H groups in total. The lowest BCUT2D eigenvalue weighted by Crippen LogP contribution is -2.57. The number of halogens is 1. The second kappa shape index (κ2) is 2.15. The fourth-order valence-electron chi connectivity index (χ4n) is 1.30. The molecule has 9 heavy (non-hydrogen) atoms. The minimum absolute atomic E-state index is 0. The number of carbonyl (C=O) groups is 1. The van der Waals surface area contributed by atoms with E-state index in [0.717, 1.165) is 13.1 Å². The van der Waals surface area contributed by atoms with Crippen molar-refractivity contribution >= 4 is 18.3 Å². The van der Waals surface area contributed by atoms with E-state index in [0.29, 0.717) is 12.0 Å². The van der Waals surface area contributed by atoms with Crippen molar-refractivity contribution in [3.63, 3.8) is 0 Å². The monoisotopic (exact) mass is 148 g/mol. The molecule has 0 saturated carbocycles. The van der Waals surface area contributed by atoms with Gasteiger partial charge in [-0.25, -0.2) is 0 Å². The molecule has 3 nitrogen and oxygen atoms in total. The summed E-state index contributed by atoms with van der Waals surface area (Å²) in [6, 6.07) is 0.461. The first kappa shape index (κ1) is 6.83. The van der Waals surface area contributed by atoms with Gasteiger partial charge in [0.25, 0.3) is 0 Å². The second-order valence-electron chi connectivity index (χ2n) is 2.38. The van der Waals surface area contributed by atoms with Crippen LogP contribution in [0, 0.1) is 5.92 Å². The molecule has 0 aliphatic carbocycles. The SMILES string of the molecule is Cl.O=C1NC2CNCC12. The van der Waals surface area contributed by atoms with Crippen LogP contribution in [0.25, 0.3) is 0 Å². The average Bonchev–Trinajstić information content (AvgIpc) is 2.09. The van der Waals surface area contributed by atoms with Gasteiger partial charge in [-0.05, 0) is 0 Å². The van der Waals surface area contributed by atoms with Crippen molar-refractivity contribution < 1.29 is 4.79 Å². The van der Waals surface area contributed by atoms with Crippen LogP contribution < -0.4 is 10.6 Å². The number of amides is 1. The highest BCUT2D eigenvalue weighted by Gasteiger charge is 2.42. The van der Waals surface area contributed by atoms with Crippen molar-refractivity contribution in [2.24, 2.45) is 5.92 Å². The summed E-state index contributed by atoms with van der Waals surface area (Å²) in [6.07, 6.45) is 0. The van der Waals surface area contributed by atoms with E-state index in [1.54, 1.807) is 0 Å². The van der Waals surface area contributed by atoms with Gasteiger partial charge in [-0.1, -0.05) is 0 Å². The van der Waals surface area contributed by atoms with E-state index >= 15 is 0 Å². The molecule has 2 rings (SSSR count). The van der Waals surface area contributed by atoms with Crippen molar-refractivity contribution in [1.29, 1.82) is 0 Å². The molecule has 2 atom stereocenters. The van der Waals surface area contributed by atoms with Crippen LogP contribution in [0.4, 0.5) is 0 Å². The maximum atomic E-state index is 10.6. The van der Waals surface area contributed by atoms with E-state index in [2.05, 4.69) is 10.6 Å². The maximum absolute atomic E-state index is 10.6. The predicted molar refractivity (Wildman–Crippen MR) is 35.5 cm³/mol. The highest BCUT2D eigenvalue weighted by Crippen LogP contribution is 2.17. The van der Waals surface area contributed by atoms with Gasteiger partial charge in [0.2, 0.25) is 5.91 Å². The Hall–Kier alpha value is -0.280. The number of hydrogen-bond acceptors (Lipinski definition) is 2. The van der Waals surface area contributed by atoms with Crippen molar-refractivity contribution in [1.82, 2.24) is 10.6 Å². The molecule has 2 unspecified atom stereocenters. The van der Waals surface area contributed by atoms with Crippen LogP contribution in [0.5, 0.6) is 0 Å². The zero-order valence-corrected chi connectivity index (χ0v) is 5.70. The van der Waals surface area contributed by atoms with Crippen LogP contribution in [0.3, 0.4) is 0 Å². The number of carbonyl (C=O) groups excluding carboxylic acids is 1. The number of rotatable bonds is 0. The first-order valence-electron chi connectivity index (χ1n) is 2.89. The summed E-state index contributed by atoms with van der Waals surface area (Å²) in [7, 11) is 0. The van der Waals surface area contributed by atoms with E-state index in [1.807, 2.05) is 0 Å². The molecule has 52 valence electrons. The lowest BCUT2D eigenvalue weighted by atomic mass is 9.95. The lowest BCUT2D eigenvalue weighted by Gasteiger charge is -2.29. The third-order valence-electron chi connectivity index (χ3n) is 1.88. The van der Waals surface area contributed by atoms with Gasteiger partial charge < -0.3 is 10.6 Å².